The molecule has 6 aliphatic heterocycles. The average Bonchev–Trinajstić information content (AvgIpc) is 0.697. The lowest BCUT2D eigenvalue weighted by molar-refractivity contribution is 0.0635. The minimum atomic E-state index is -0.584. The van der Waals surface area contributed by atoms with Crippen LogP contribution in [-0.2, 0) is 0 Å². The summed E-state index contributed by atoms with van der Waals surface area (Å²) in [6.45, 7) is 0. The van der Waals surface area contributed by atoms with Crippen molar-refractivity contribution in [3.63, 3.8) is 0 Å². The molecule has 100 heavy (non-hydrogen) atoms. The second-order valence-electron chi connectivity index (χ2n) is 27.0. The number of fused-ring (bicyclic) bond motifs is 6. The summed E-state index contributed by atoms with van der Waals surface area (Å²) in [5.74, 6) is -6.18. The molecule has 18 heteroatoms. The largest absolute Gasteiger partial charge is 0.277 e. The number of carbonyl (C=O) groups is 12. The quantitative estimate of drug-likeness (QED) is 0.0694. The molecule has 0 bridgehead atoms. The fourth-order valence-corrected chi connectivity index (χ4v) is 17.9. The van der Waals surface area contributed by atoms with Crippen molar-refractivity contribution in [2.24, 2.45) is 0 Å². The van der Waals surface area contributed by atoms with Gasteiger partial charge in [0.15, 0.2) is 0 Å². The predicted octanol–water partition coefficient (Wildman–Crippen LogP) is 13.5. The number of benzene rings is 15. The van der Waals surface area contributed by atoms with E-state index in [-0.39, 0.29) is 33.4 Å². The van der Waals surface area contributed by atoms with Crippen LogP contribution in [0.4, 0.5) is 0 Å². The highest BCUT2D eigenvalue weighted by Crippen LogP contribution is 2.54. The van der Waals surface area contributed by atoms with Gasteiger partial charge in [-0.05, 0) is 192 Å². The van der Waals surface area contributed by atoms with Crippen molar-refractivity contribution in [1.29, 1.82) is 0 Å². The van der Waals surface area contributed by atoms with Gasteiger partial charge in [0.05, 0.1) is 0 Å². The molecule has 0 spiro atoms. The first-order chi connectivity index (χ1) is 48.2. The maximum atomic E-state index is 15.0. The third-order valence-electron chi connectivity index (χ3n) is 22.5. The van der Waals surface area contributed by atoms with Crippen molar-refractivity contribution in [3.8, 4) is 0 Å². The van der Waals surface area contributed by atoms with Gasteiger partial charge >= 0.3 is 0 Å². The second-order valence-corrected chi connectivity index (χ2v) is 27.0. The molecule has 15 aromatic rings. The maximum absolute atomic E-state index is 15.0. The molecule has 6 heterocycles. The molecule has 0 radical (unpaired) electrons. The topological polar surface area (TPSA) is 224 Å². The summed E-state index contributed by atoms with van der Waals surface area (Å²) in [5, 5.41) is 13.5. The summed E-state index contributed by atoms with van der Waals surface area (Å²) >= 11 is 0. The van der Waals surface area contributed by atoms with Crippen molar-refractivity contribution < 1.29 is 57.5 Å². The molecule has 0 fully saturated rings. The lowest BCUT2D eigenvalue weighted by Gasteiger charge is -2.29. The van der Waals surface area contributed by atoms with E-state index in [2.05, 4.69) is 0 Å². The van der Waals surface area contributed by atoms with Gasteiger partial charge in [-0.1, -0.05) is 72.8 Å². The van der Waals surface area contributed by atoms with Crippen LogP contribution in [0.15, 0.2) is 121 Å². The van der Waals surface area contributed by atoms with E-state index in [1.54, 1.807) is 72.8 Å². The van der Waals surface area contributed by atoms with Crippen molar-refractivity contribution in [2.45, 2.75) is 0 Å². The summed E-state index contributed by atoms with van der Waals surface area (Å²) in [7, 11) is 8.59. The molecule has 18 nitrogen and oxygen atoms in total. The highest BCUT2D eigenvalue weighted by molar-refractivity contribution is 6.47. The van der Waals surface area contributed by atoms with Crippen LogP contribution in [-0.4, -0.2) is 143 Å². The molecule has 0 aromatic heterocycles. The zero-order valence-corrected chi connectivity index (χ0v) is 53.4. The molecule has 0 N–H and O–H groups in total. The summed E-state index contributed by atoms with van der Waals surface area (Å²) in [6.07, 6.45) is 7.33. The van der Waals surface area contributed by atoms with Crippen LogP contribution in [0, 0.1) is 0 Å². The lowest BCUT2D eigenvalue weighted by atomic mass is 9.79. The molecule has 0 aliphatic carbocycles. The third kappa shape index (κ3) is 6.19. The molecule has 0 saturated carbocycles. The van der Waals surface area contributed by atoms with E-state index in [9.17, 15) is 47.9 Å². The Kier molecular flexibility index (Phi) is 10.0. The molecule has 0 atom stereocenters. The minimum absolute atomic E-state index is 0.197. The Morgan fingerprint density at radius 1 is 0.170 bits per heavy atom. The summed E-state index contributed by atoms with van der Waals surface area (Å²) in [5.41, 5.74) is 5.29. The maximum Gasteiger partial charge on any atom is 0.261 e. The van der Waals surface area contributed by atoms with Gasteiger partial charge in [0, 0.05) is 141 Å². The first-order valence-corrected chi connectivity index (χ1v) is 32.2. The Balaban J connectivity index is 0.877. The SMILES string of the molecule is CN1C(=O)c2ccc3c4ccc5c6c(cc(/C=C/c7cc8c9c(ccc%10c%11c(/C=C/c%12cc%13c%14c(ccc%15c%16ccc%17c%18c(ccc(c%12c%14%15)c%18%16)C(=O)N(C)C%17=O)C(=O)N(C)C%13=O)cc%12c%13c(ccc(c7c9%10)c%13%11)C(=O)N(C)C%12=O)C(=O)N(C)C8=O)c(c7ccc(c2c37)C1=O)c64)C(=O)N(C)C5=O. The van der Waals surface area contributed by atoms with Crippen molar-refractivity contribution in [1.82, 2.24) is 29.4 Å². The van der Waals surface area contributed by atoms with Gasteiger partial charge in [-0.25, -0.2) is 0 Å². The van der Waals surface area contributed by atoms with E-state index in [0.717, 1.165) is 29.4 Å². The van der Waals surface area contributed by atoms with Crippen molar-refractivity contribution >= 4 is 224 Å². The standard InChI is InChI=1S/C82H42N6O12/c1-83-71(89)43-19-11-35-37-13-21-47-63-51(79(97)85(3)75(47)93)27-31(55(67(37)63)39-15-23-45(73(83)91)61(43)59(35)39)7-9-33-29-53-65-49(77(95)87(5)81(53)99)26-18-42-58-34(30-54-66-50(78(96)88(6)82(54)100)25-17-41(70(58)66)57(33)69(42)65)10-8-32-28-52-64-48(76(94)86(4)80(52)98)22-14-38-36-12-20-44-62-46(74(92)84(2)72(44)90)24-16-40(60(36)62)56(32)68(38)64/h7-30H,1-6H3/b9-7+,10-8+. The Morgan fingerprint density at radius 3 is 0.530 bits per heavy atom. The molecule has 6 aliphatic rings. The van der Waals surface area contributed by atoms with E-state index in [4.69, 9.17) is 0 Å². The predicted molar refractivity (Wildman–Crippen MR) is 379 cm³/mol. The summed E-state index contributed by atoms with van der Waals surface area (Å²) in [4.78, 5) is 179. The van der Waals surface area contributed by atoms with Crippen LogP contribution in [0.2, 0.25) is 0 Å². The minimum Gasteiger partial charge on any atom is -0.277 e. The number of hydrogen-bond acceptors (Lipinski definition) is 12. The number of imide groups is 6. The Morgan fingerprint density at radius 2 is 0.320 bits per heavy atom. The number of hydrogen-bond donors (Lipinski definition) is 0. The third-order valence-corrected chi connectivity index (χ3v) is 22.5. The Labute approximate surface area is 561 Å². The van der Waals surface area contributed by atoms with Crippen LogP contribution in [0.3, 0.4) is 0 Å². The second kappa shape index (κ2) is 17.9. The van der Waals surface area contributed by atoms with Gasteiger partial charge < -0.3 is 0 Å². The zero-order valence-electron chi connectivity index (χ0n) is 53.4. The number of rotatable bonds is 4. The van der Waals surface area contributed by atoms with Crippen molar-refractivity contribution in [2.75, 3.05) is 42.3 Å². The molecule has 15 aromatic carbocycles. The number of carbonyl (C=O) groups excluding carboxylic acids is 12. The van der Waals surface area contributed by atoms with Gasteiger partial charge in [-0.3, -0.25) is 86.9 Å². The van der Waals surface area contributed by atoms with E-state index < -0.39 is 70.9 Å². The zero-order chi connectivity index (χ0) is 68.5. The molecule has 0 unspecified atom stereocenters. The number of amides is 12. The molecule has 0 saturated heterocycles. The molecule has 12 amide bonds. The molecule has 472 valence electrons. The van der Waals surface area contributed by atoms with Crippen LogP contribution < -0.4 is 0 Å². The van der Waals surface area contributed by atoms with E-state index in [1.165, 1.54) is 42.3 Å². The first-order valence-electron chi connectivity index (χ1n) is 32.2. The molecular weight excluding hydrogens is 1260 g/mol. The first kappa shape index (κ1) is 55.8. The van der Waals surface area contributed by atoms with Crippen LogP contribution in [0.5, 0.6) is 0 Å². The highest BCUT2D eigenvalue weighted by atomic mass is 16.2. The Bertz CT molecular complexity index is 6570. The normalized spacial score (nSPS) is 16.3. The van der Waals surface area contributed by atoms with Crippen LogP contribution in [0.1, 0.15) is 147 Å². The monoisotopic (exact) mass is 1300 g/mol. The van der Waals surface area contributed by atoms with Crippen LogP contribution in [0.25, 0.3) is 154 Å². The van der Waals surface area contributed by atoms with E-state index in [1.807, 2.05) is 72.8 Å². The van der Waals surface area contributed by atoms with Gasteiger partial charge in [-0.15, -0.1) is 0 Å². The van der Waals surface area contributed by atoms with Crippen LogP contribution >= 0.6 is 0 Å². The summed E-state index contributed by atoms with van der Waals surface area (Å²) in [6, 6.07) is 35.1. The fourth-order valence-electron chi connectivity index (χ4n) is 17.9. The molecule has 21 rings (SSSR count). The average molecular weight is 1300 g/mol. The van der Waals surface area contributed by atoms with E-state index in [0.29, 0.717) is 185 Å². The summed E-state index contributed by atoms with van der Waals surface area (Å²) < 4.78 is 0. The van der Waals surface area contributed by atoms with Gasteiger partial charge in [0.1, 0.15) is 0 Å². The Hall–Kier alpha value is -13.5. The number of nitrogens with zero attached hydrogens (tertiary/aromatic N) is 6. The van der Waals surface area contributed by atoms with Gasteiger partial charge in [0.25, 0.3) is 70.9 Å². The lowest BCUT2D eigenvalue weighted by Crippen LogP contribution is -2.37. The van der Waals surface area contributed by atoms with Gasteiger partial charge in [-0.2, -0.15) is 0 Å². The van der Waals surface area contributed by atoms with E-state index >= 15 is 9.59 Å². The fraction of sp³-hybridized carbons (Fsp3) is 0.0732. The van der Waals surface area contributed by atoms with Gasteiger partial charge in [0.2, 0.25) is 0 Å². The van der Waals surface area contributed by atoms with Crippen molar-refractivity contribution in [3.05, 3.63) is 210 Å². The molecular formula is C82H42N6O12. The smallest absolute Gasteiger partial charge is 0.261 e. The highest BCUT2D eigenvalue weighted by Gasteiger charge is 2.41.